The highest BCUT2D eigenvalue weighted by molar-refractivity contribution is 5.92. The number of carbonyl (C=O) groups is 1. The molecule has 4 heteroatoms. The van der Waals surface area contributed by atoms with Crippen LogP contribution in [0.2, 0.25) is 0 Å². The van der Waals surface area contributed by atoms with Crippen LogP contribution in [0.4, 0.5) is 5.82 Å². The summed E-state index contributed by atoms with van der Waals surface area (Å²) in [6.45, 7) is 0.952. The van der Waals surface area contributed by atoms with Gasteiger partial charge in [-0.25, -0.2) is 4.98 Å². The lowest BCUT2D eigenvalue weighted by molar-refractivity contribution is 0.1000. The van der Waals surface area contributed by atoms with Gasteiger partial charge in [0, 0.05) is 12.7 Å². The molecule has 1 aliphatic carbocycles. The highest BCUT2D eigenvalue weighted by Gasteiger charge is 2.14. The van der Waals surface area contributed by atoms with E-state index in [1.54, 1.807) is 12.1 Å². The molecule has 1 aromatic heterocycles. The summed E-state index contributed by atoms with van der Waals surface area (Å²) in [4.78, 5) is 15.0. The van der Waals surface area contributed by atoms with Crippen LogP contribution >= 0.6 is 0 Å². The Morgan fingerprint density at radius 2 is 2.18 bits per heavy atom. The van der Waals surface area contributed by atoms with Crippen molar-refractivity contribution in [2.45, 2.75) is 32.1 Å². The van der Waals surface area contributed by atoms with Crippen molar-refractivity contribution in [3.63, 3.8) is 0 Å². The number of anilines is 1. The normalized spacial score (nSPS) is 16.0. The molecule has 92 valence electrons. The fourth-order valence-corrected chi connectivity index (χ4v) is 2.35. The predicted molar refractivity (Wildman–Crippen MR) is 67.8 cm³/mol. The Labute approximate surface area is 102 Å². The number of carbonyl (C=O) groups excluding carboxylic acids is 1. The van der Waals surface area contributed by atoms with Gasteiger partial charge in [-0.3, -0.25) is 4.79 Å². The molecule has 1 heterocycles. The number of hydrogen-bond acceptors (Lipinski definition) is 3. The van der Waals surface area contributed by atoms with E-state index in [1.807, 2.05) is 0 Å². The Morgan fingerprint density at radius 1 is 1.41 bits per heavy atom. The molecule has 1 amide bonds. The molecule has 0 atom stereocenters. The molecule has 0 aliphatic heterocycles. The first-order valence-electron chi connectivity index (χ1n) is 6.25. The van der Waals surface area contributed by atoms with E-state index in [4.69, 9.17) is 5.73 Å². The number of aromatic nitrogens is 1. The van der Waals surface area contributed by atoms with Crippen LogP contribution in [-0.2, 0) is 0 Å². The highest BCUT2D eigenvalue weighted by Crippen LogP contribution is 2.27. The van der Waals surface area contributed by atoms with Crippen molar-refractivity contribution < 1.29 is 4.79 Å². The zero-order valence-electron chi connectivity index (χ0n) is 9.98. The quantitative estimate of drug-likeness (QED) is 0.819. The Bertz CT molecular complexity index is 369. The zero-order chi connectivity index (χ0) is 12.1. The lowest BCUT2D eigenvalue weighted by Gasteiger charge is -2.10. The average molecular weight is 233 g/mol. The summed E-state index contributed by atoms with van der Waals surface area (Å²) in [6.07, 6.45) is 8.23. The van der Waals surface area contributed by atoms with Crippen LogP contribution in [0.15, 0.2) is 18.3 Å². The van der Waals surface area contributed by atoms with E-state index < -0.39 is 5.91 Å². The molecule has 1 aliphatic rings. The highest BCUT2D eigenvalue weighted by atomic mass is 16.1. The molecular weight excluding hydrogens is 214 g/mol. The van der Waals surface area contributed by atoms with Gasteiger partial charge in [0.2, 0.25) is 5.91 Å². The van der Waals surface area contributed by atoms with Crippen LogP contribution in [0.5, 0.6) is 0 Å². The summed E-state index contributed by atoms with van der Waals surface area (Å²) in [5.74, 6) is 1.26. The minimum atomic E-state index is -0.435. The molecule has 0 aromatic carbocycles. The molecule has 0 radical (unpaired) electrons. The summed E-state index contributed by atoms with van der Waals surface area (Å²) in [5, 5.41) is 3.27. The monoisotopic (exact) mass is 233 g/mol. The Morgan fingerprint density at radius 3 is 2.76 bits per heavy atom. The van der Waals surface area contributed by atoms with Crippen LogP contribution in [-0.4, -0.2) is 17.4 Å². The van der Waals surface area contributed by atoms with E-state index in [9.17, 15) is 4.79 Å². The van der Waals surface area contributed by atoms with E-state index >= 15 is 0 Å². The van der Waals surface area contributed by atoms with Gasteiger partial charge < -0.3 is 11.1 Å². The lowest BCUT2D eigenvalue weighted by atomic mass is 10.0. The van der Waals surface area contributed by atoms with E-state index in [2.05, 4.69) is 10.3 Å². The van der Waals surface area contributed by atoms with Gasteiger partial charge in [0.15, 0.2) is 0 Å². The second kappa shape index (κ2) is 5.66. The lowest BCUT2D eigenvalue weighted by Crippen LogP contribution is -2.12. The fourth-order valence-electron chi connectivity index (χ4n) is 2.35. The molecule has 0 unspecified atom stereocenters. The maximum Gasteiger partial charge on any atom is 0.250 e. The zero-order valence-corrected chi connectivity index (χ0v) is 9.98. The molecule has 1 saturated carbocycles. The topological polar surface area (TPSA) is 68.0 Å². The van der Waals surface area contributed by atoms with Gasteiger partial charge in [-0.05, 0) is 24.5 Å². The number of amides is 1. The number of primary amides is 1. The second-order valence-corrected chi connectivity index (χ2v) is 4.66. The largest absolute Gasteiger partial charge is 0.370 e. The summed E-state index contributed by atoms with van der Waals surface area (Å²) < 4.78 is 0. The molecule has 0 bridgehead atoms. The third-order valence-electron chi connectivity index (χ3n) is 3.38. The summed E-state index contributed by atoms with van der Waals surface area (Å²) in [7, 11) is 0. The Kier molecular flexibility index (Phi) is 3.96. The number of nitrogens with one attached hydrogen (secondary N) is 1. The third-order valence-corrected chi connectivity index (χ3v) is 3.38. The van der Waals surface area contributed by atoms with Gasteiger partial charge in [0.25, 0.3) is 0 Å². The van der Waals surface area contributed by atoms with Gasteiger partial charge in [0.05, 0.1) is 5.56 Å². The van der Waals surface area contributed by atoms with E-state index in [1.165, 1.54) is 38.3 Å². The maximum atomic E-state index is 10.9. The SMILES string of the molecule is NC(=O)c1ccc(NCCC2CCCC2)nc1. The molecule has 1 fully saturated rings. The maximum absolute atomic E-state index is 10.9. The van der Waals surface area contributed by atoms with Crippen LogP contribution in [0.25, 0.3) is 0 Å². The molecule has 0 spiro atoms. The summed E-state index contributed by atoms with van der Waals surface area (Å²) in [6, 6.07) is 3.50. The number of pyridine rings is 1. The van der Waals surface area contributed by atoms with Crippen LogP contribution < -0.4 is 11.1 Å². The number of hydrogen-bond donors (Lipinski definition) is 2. The molecule has 0 saturated heterocycles. The van der Waals surface area contributed by atoms with E-state index in [-0.39, 0.29) is 0 Å². The van der Waals surface area contributed by atoms with Crippen molar-refractivity contribution in [3.05, 3.63) is 23.9 Å². The number of rotatable bonds is 5. The van der Waals surface area contributed by atoms with E-state index in [0.717, 1.165) is 18.3 Å². The first kappa shape index (κ1) is 11.9. The van der Waals surface area contributed by atoms with Crippen molar-refractivity contribution >= 4 is 11.7 Å². The summed E-state index contributed by atoms with van der Waals surface area (Å²) in [5.41, 5.74) is 5.60. The molecular formula is C13H19N3O. The van der Waals surface area contributed by atoms with Crippen molar-refractivity contribution in [3.8, 4) is 0 Å². The van der Waals surface area contributed by atoms with Crippen molar-refractivity contribution in [1.29, 1.82) is 0 Å². The van der Waals surface area contributed by atoms with Crippen molar-refractivity contribution in [2.24, 2.45) is 11.7 Å². The van der Waals surface area contributed by atoms with Crippen molar-refractivity contribution in [2.75, 3.05) is 11.9 Å². The van der Waals surface area contributed by atoms with Gasteiger partial charge in [-0.15, -0.1) is 0 Å². The number of nitrogens with zero attached hydrogens (tertiary/aromatic N) is 1. The van der Waals surface area contributed by atoms with Crippen LogP contribution in [0, 0.1) is 5.92 Å². The second-order valence-electron chi connectivity index (χ2n) is 4.66. The molecule has 4 nitrogen and oxygen atoms in total. The Balaban J connectivity index is 1.76. The van der Waals surface area contributed by atoms with Gasteiger partial charge >= 0.3 is 0 Å². The third kappa shape index (κ3) is 3.44. The van der Waals surface area contributed by atoms with Crippen LogP contribution in [0.3, 0.4) is 0 Å². The molecule has 3 N–H and O–H groups in total. The van der Waals surface area contributed by atoms with E-state index in [0.29, 0.717) is 5.56 Å². The average Bonchev–Trinajstić information content (AvgIpc) is 2.83. The molecule has 1 aromatic rings. The standard InChI is InChI=1S/C13H19N3O/c14-13(17)11-5-6-12(16-9-11)15-8-7-10-3-1-2-4-10/h5-6,9-10H,1-4,7-8H2,(H2,14,17)(H,15,16). The molecule has 2 rings (SSSR count). The predicted octanol–water partition coefficient (Wildman–Crippen LogP) is 2.17. The minimum absolute atomic E-state index is 0.435. The van der Waals surface area contributed by atoms with Gasteiger partial charge in [-0.1, -0.05) is 25.7 Å². The fraction of sp³-hybridized carbons (Fsp3) is 0.538. The number of nitrogens with two attached hydrogens (primary N) is 1. The molecule has 17 heavy (non-hydrogen) atoms. The summed E-state index contributed by atoms with van der Waals surface area (Å²) >= 11 is 0. The first-order valence-corrected chi connectivity index (χ1v) is 6.25. The van der Waals surface area contributed by atoms with Crippen LogP contribution in [0.1, 0.15) is 42.5 Å². The Hall–Kier alpha value is -1.58. The van der Waals surface area contributed by atoms with Gasteiger partial charge in [-0.2, -0.15) is 0 Å². The first-order chi connectivity index (χ1) is 8.25. The van der Waals surface area contributed by atoms with Gasteiger partial charge in [0.1, 0.15) is 5.82 Å². The van der Waals surface area contributed by atoms with Crippen molar-refractivity contribution in [1.82, 2.24) is 4.98 Å². The minimum Gasteiger partial charge on any atom is -0.370 e. The smallest absolute Gasteiger partial charge is 0.250 e.